The number of carbonyl (C=O) groups is 1. The predicted molar refractivity (Wildman–Crippen MR) is 92.0 cm³/mol. The number of piperidine rings is 1. The average molecular weight is 329 g/mol. The molecular formula is C19H23NO4. The smallest absolute Gasteiger partial charge is 0.336 e. The van der Waals surface area contributed by atoms with Crippen molar-refractivity contribution in [3.8, 4) is 0 Å². The van der Waals surface area contributed by atoms with Crippen molar-refractivity contribution in [3.05, 3.63) is 45.3 Å². The fourth-order valence-electron chi connectivity index (χ4n) is 3.35. The number of methoxy groups -OCH3 is 1. The van der Waals surface area contributed by atoms with Crippen molar-refractivity contribution >= 4 is 16.9 Å². The van der Waals surface area contributed by atoms with Crippen molar-refractivity contribution in [3.63, 3.8) is 0 Å². The predicted octanol–water partition coefficient (Wildman–Crippen LogP) is 2.79. The Kier molecular flexibility index (Phi) is 4.71. The van der Waals surface area contributed by atoms with Gasteiger partial charge in [0.25, 0.3) is 0 Å². The molecule has 2 aromatic rings. The molecule has 24 heavy (non-hydrogen) atoms. The second-order valence-corrected chi connectivity index (χ2v) is 6.60. The molecule has 5 nitrogen and oxygen atoms in total. The number of ether oxygens (including phenoxy) is 1. The number of fused-ring (bicyclic) bond motifs is 1. The Hall–Kier alpha value is -2.14. The number of likely N-dealkylation sites (tertiary alicyclic amines) is 1. The first-order valence-corrected chi connectivity index (χ1v) is 8.32. The lowest BCUT2D eigenvalue weighted by atomic mass is 9.96. The number of hydrogen-bond donors (Lipinski definition) is 0. The van der Waals surface area contributed by atoms with Gasteiger partial charge < -0.3 is 9.15 Å². The van der Waals surface area contributed by atoms with Gasteiger partial charge in [0.15, 0.2) is 0 Å². The maximum Gasteiger partial charge on any atom is 0.336 e. The van der Waals surface area contributed by atoms with Gasteiger partial charge in [-0.2, -0.15) is 0 Å². The highest BCUT2D eigenvalue weighted by atomic mass is 16.5. The molecule has 5 heteroatoms. The molecule has 3 rings (SSSR count). The Labute approximate surface area is 141 Å². The van der Waals surface area contributed by atoms with Gasteiger partial charge in [-0.25, -0.2) is 4.79 Å². The first-order chi connectivity index (χ1) is 11.5. The molecule has 1 aromatic heterocycles. The van der Waals surface area contributed by atoms with E-state index < -0.39 is 0 Å². The zero-order valence-corrected chi connectivity index (χ0v) is 14.4. The fourth-order valence-corrected chi connectivity index (χ4v) is 3.35. The number of aryl methyl sites for hydroxylation is 2. The third-order valence-corrected chi connectivity index (χ3v) is 4.96. The highest BCUT2D eigenvalue weighted by Gasteiger charge is 2.25. The van der Waals surface area contributed by atoms with Gasteiger partial charge in [-0.05, 0) is 68.6 Å². The standard InChI is InChI=1S/C19H23NO4/c1-12-8-16-15(10-18(21)24-17(16)9-13(12)2)11-20-6-4-14(5-7-20)19(22)23-3/h8-10,14H,4-7,11H2,1-3H3. The Balaban J connectivity index is 1.82. The van der Waals surface area contributed by atoms with Crippen LogP contribution in [-0.2, 0) is 16.1 Å². The third-order valence-electron chi connectivity index (χ3n) is 4.96. The average Bonchev–Trinajstić information content (AvgIpc) is 2.56. The summed E-state index contributed by atoms with van der Waals surface area (Å²) in [5, 5.41) is 0.993. The van der Waals surface area contributed by atoms with E-state index in [9.17, 15) is 9.59 Å². The largest absolute Gasteiger partial charge is 0.469 e. The SMILES string of the molecule is COC(=O)C1CCN(Cc2cc(=O)oc3cc(C)c(C)cc23)CC1. The van der Waals surface area contributed by atoms with E-state index in [0.717, 1.165) is 42.4 Å². The van der Waals surface area contributed by atoms with Crippen molar-refractivity contribution in [2.24, 2.45) is 5.92 Å². The van der Waals surface area contributed by atoms with E-state index >= 15 is 0 Å². The molecule has 2 heterocycles. The van der Waals surface area contributed by atoms with Gasteiger partial charge >= 0.3 is 11.6 Å². The molecular weight excluding hydrogens is 306 g/mol. The van der Waals surface area contributed by atoms with Crippen LogP contribution in [0.15, 0.2) is 27.4 Å². The third kappa shape index (κ3) is 3.36. The molecule has 1 fully saturated rings. The molecule has 1 saturated heterocycles. The number of esters is 1. The maximum absolute atomic E-state index is 11.9. The van der Waals surface area contributed by atoms with Crippen molar-refractivity contribution in [1.29, 1.82) is 0 Å². The van der Waals surface area contributed by atoms with Crippen LogP contribution in [0.1, 0.15) is 29.5 Å². The van der Waals surface area contributed by atoms with Gasteiger partial charge in [-0.15, -0.1) is 0 Å². The Bertz CT molecular complexity index is 816. The molecule has 0 aliphatic carbocycles. The van der Waals surface area contributed by atoms with Crippen molar-refractivity contribution < 1.29 is 13.9 Å². The lowest BCUT2D eigenvalue weighted by molar-refractivity contribution is -0.147. The molecule has 0 spiro atoms. The summed E-state index contributed by atoms with van der Waals surface area (Å²) in [6.07, 6.45) is 1.59. The second kappa shape index (κ2) is 6.77. The number of carbonyl (C=O) groups excluding carboxylic acids is 1. The number of benzene rings is 1. The topological polar surface area (TPSA) is 59.8 Å². The van der Waals surface area contributed by atoms with Crippen LogP contribution in [0.2, 0.25) is 0 Å². The van der Waals surface area contributed by atoms with Crippen LogP contribution in [0.4, 0.5) is 0 Å². The van der Waals surface area contributed by atoms with Gasteiger partial charge in [0.05, 0.1) is 13.0 Å². The van der Waals surface area contributed by atoms with Gasteiger partial charge in [0.2, 0.25) is 0 Å². The Morgan fingerprint density at radius 2 is 1.88 bits per heavy atom. The van der Waals surface area contributed by atoms with Crippen molar-refractivity contribution in [2.45, 2.75) is 33.2 Å². The van der Waals surface area contributed by atoms with Gasteiger partial charge in [0, 0.05) is 18.0 Å². The lowest BCUT2D eigenvalue weighted by Crippen LogP contribution is -2.36. The van der Waals surface area contributed by atoms with Gasteiger partial charge in [0.1, 0.15) is 5.58 Å². The van der Waals surface area contributed by atoms with E-state index in [2.05, 4.69) is 17.9 Å². The summed E-state index contributed by atoms with van der Waals surface area (Å²) in [4.78, 5) is 25.8. The molecule has 1 aliphatic rings. The highest BCUT2D eigenvalue weighted by molar-refractivity contribution is 5.81. The van der Waals surface area contributed by atoms with Crippen LogP contribution >= 0.6 is 0 Å². The Morgan fingerprint density at radius 1 is 1.21 bits per heavy atom. The second-order valence-electron chi connectivity index (χ2n) is 6.60. The van der Waals surface area contributed by atoms with E-state index in [-0.39, 0.29) is 17.5 Å². The number of nitrogens with zero attached hydrogens (tertiary/aromatic N) is 1. The van der Waals surface area contributed by atoms with E-state index in [0.29, 0.717) is 12.1 Å². The Morgan fingerprint density at radius 3 is 2.54 bits per heavy atom. The highest BCUT2D eigenvalue weighted by Crippen LogP contribution is 2.25. The minimum Gasteiger partial charge on any atom is -0.469 e. The molecule has 0 saturated carbocycles. The molecule has 1 aromatic carbocycles. The molecule has 0 atom stereocenters. The van der Waals surface area contributed by atoms with Crippen molar-refractivity contribution in [1.82, 2.24) is 4.90 Å². The summed E-state index contributed by atoms with van der Waals surface area (Å²) in [7, 11) is 1.44. The molecule has 0 unspecified atom stereocenters. The molecule has 0 radical (unpaired) electrons. The maximum atomic E-state index is 11.9. The minimum absolute atomic E-state index is 0.00580. The first kappa shape index (κ1) is 16.7. The summed E-state index contributed by atoms with van der Waals surface area (Å²) in [5.41, 5.74) is 3.61. The van der Waals surface area contributed by atoms with E-state index in [1.54, 1.807) is 6.07 Å². The lowest BCUT2D eigenvalue weighted by Gasteiger charge is -2.30. The number of rotatable bonds is 3. The molecule has 128 valence electrons. The van der Waals surface area contributed by atoms with Gasteiger partial charge in [-0.3, -0.25) is 9.69 Å². The molecule has 0 N–H and O–H groups in total. The van der Waals surface area contributed by atoms with E-state index in [1.807, 2.05) is 13.0 Å². The zero-order chi connectivity index (χ0) is 17.3. The summed E-state index contributed by atoms with van der Waals surface area (Å²) >= 11 is 0. The van der Waals surface area contributed by atoms with Crippen molar-refractivity contribution in [2.75, 3.05) is 20.2 Å². The van der Waals surface area contributed by atoms with Crippen LogP contribution in [0.3, 0.4) is 0 Å². The minimum atomic E-state index is -0.315. The monoisotopic (exact) mass is 329 g/mol. The van der Waals surface area contributed by atoms with Crippen LogP contribution in [0, 0.1) is 19.8 Å². The quantitative estimate of drug-likeness (QED) is 0.640. The summed E-state index contributed by atoms with van der Waals surface area (Å²) in [6.45, 7) is 6.42. The molecule has 0 amide bonds. The van der Waals surface area contributed by atoms with E-state index in [1.165, 1.54) is 12.7 Å². The summed E-state index contributed by atoms with van der Waals surface area (Å²) in [6, 6.07) is 5.60. The van der Waals surface area contributed by atoms with Crippen LogP contribution in [0.5, 0.6) is 0 Å². The molecule has 0 bridgehead atoms. The van der Waals surface area contributed by atoms with Crippen LogP contribution in [-0.4, -0.2) is 31.1 Å². The number of hydrogen-bond acceptors (Lipinski definition) is 5. The zero-order valence-electron chi connectivity index (χ0n) is 14.4. The molecule has 1 aliphatic heterocycles. The van der Waals surface area contributed by atoms with Crippen LogP contribution in [0.25, 0.3) is 11.0 Å². The van der Waals surface area contributed by atoms with E-state index in [4.69, 9.17) is 9.15 Å². The van der Waals surface area contributed by atoms with Gasteiger partial charge in [-0.1, -0.05) is 0 Å². The van der Waals surface area contributed by atoms with Crippen LogP contribution < -0.4 is 5.63 Å². The fraction of sp³-hybridized carbons (Fsp3) is 0.474. The summed E-state index contributed by atoms with van der Waals surface area (Å²) < 4.78 is 10.2. The summed E-state index contributed by atoms with van der Waals surface area (Å²) in [5.74, 6) is -0.125. The normalized spacial score (nSPS) is 16.5. The first-order valence-electron chi connectivity index (χ1n) is 8.32.